The molecule has 2 aromatic carbocycles. The van der Waals surface area contributed by atoms with Gasteiger partial charge in [-0.2, -0.15) is 0 Å². The summed E-state index contributed by atoms with van der Waals surface area (Å²) in [6.07, 6.45) is 6.19. The summed E-state index contributed by atoms with van der Waals surface area (Å²) in [4.78, 5) is 30.7. The summed E-state index contributed by atoms with van der Waals surface area (Å²) in [7, 11) is 0. The summed E-state index contributed by atoms with van der Waals surface area (Å²) < 4.78 is 11.5. The number of benzene rings is 2. The van der Waals surface area contributed by atoms with E-state index >= 15 is 0 Å². The number of aromatic carboxylic acids is 1. The molecule has 1 aliphatic carbocycles. The second-order valence-corrected chi connectivity index (χ2v) is 12.4. The van der Waals surface area contributed by atoms with Crippen LogP contribution in [0.5, 0.6) is 5.75 Å². The fourth-order valence-electron chi connectivity index (χ4n) is 5.06. The molecule has 0 radical (unpaired) electrons. The van der Waals surface area contributed by atoms with Crippen molar-refractivity contribution in [2.45, 2.75) is 53.2 Å². The quantitative estimate of drug-likeness (QED) is 0.204. The van der Waals surface area contributed by atoms with E-state index in [4.69, 9.17) is 19.3 Å². The van der Waals surface area contributed by atoms with Gasteiger partial charge in [0.25, 0.3) is 5.91 Å². The molecule has 1 amide bonds. The van der Waals surface area contributed by atoms with Crippen molar-refractivity contribution in [3.63, 3.8) is 0 Å². The Kier molecular flexibility index (Phi) is 8.40. The number of nitrogens with zero attached hydrogens (tertiary/aromatic N) is 1. The number of ether oxygens (including phenoxy) is 1. The minimum Gasteiger partial charge on any atom is -0.488 e. The van der Waals surface area contributed by atoms with E-state index in [1.54, 1.807) is 54.1 Å². The lowest BCUT2D eigenvalue weighted by Crippen LogP contribution is -2.28. The SMILES string of the molecule is CC(C)(C)[C@@H]1CCc2c(sc(N=Cc3ccccc3OCc3ccc(C(=O)O)cc3)c2C(=O)NCc2ccco2)C1. The molecule has 7 nitrogen and oxygen atoms in total. The number of thiophene rings is 1. The predicted molar refractivity (Wildman–Crippen MR) is 161 cm³/mol. The number of rotatable bonds is 9. The smallest absolute Gasteiger partial charge is 0.335 e. The number of carboxylic acids is 1. The Morgan fingerprint density at radius 1 is 1.12 bits per heavy atom. The van der Waals surface area contributed by atoms with Crippen LogP contribution >= 0.6 is 11.3 Å². The Morgan fingerprint density at radius 3 is 2.61 bits per heavy atom. The summed E-state index contributed by atoms with van der Waals surface area (Å²) in [5.41, 5.74) is 3.83. The van der Waals surface area contributed by atoms with Gasteiger partial charge in [-0.05, 0) is 78.1 Å². The molecule has 5 rings (SSSR count). The average molecular weight is 571 g/mol. The maximum atomic E-state index is 13.5. The zero-order valence-corrected chi connectivity index (χ0v) is 24.3. The Morgan fingerprint density at radius 2 is 1.90 bits per heavy atom. The van der Waals surface area contributed by atoms with Crippen LogP contribution in [0.4, 0.5) is 5.00 Å². The lowest BCUT2D eigenvalue weighted by atomic mass is 9.72. The molecule has 0 saturated carbocycles. The van der Waals surface area contributed by atoms with Crippen LogP contribution in [0.2, 0.25) is 0 Å². The topological polar surface area (TPSA) is 101 Å². The van der Waals surface area contributed by atoms with Gasteiger partial charge < -0.3 is 19.6 Å². The molecule has 4 aromatic rings. The Balaban J connectivity index is 1.39. The third-order valence-corrected chi connectivity index (χ3v) is 8.70. The fraction of sp³-hybridized carbons (Fsp3) is 0.303. The molecule has 0 fully saturated rings. The summed E-state index contributed by atoms with van der Waals surface area (Å²) >= 11 is 1.60. The maximum absolute atomic E-state index is 13.5. The van der Waals surface area contributed by atoms with Crippen LogP contribution in [0, 0.1) is 11.3 Å². The van der Waals surface area contributed by atoms with Crippen molar-refractivity contribution in [2.24, 2.45) is 16.3 Å². The van der Waals surface area contributed by atoms with Gasteiger partial charge in [0.2, 0.25) is 0 Å². The van der Waals surface area contributed by atoms with Crippen LogP contribution in [-0.4, -0.2) is 23.2 Å². The van der Waals surface area contributed by atoms with E-state index in [1.807, 2.05) is 30.3 Å². The first kappa shape index (κ1) is 28.4. The van der Waals surface area contributed by atoms with E-state index < -0.39 is 5.97 Å². The second kappa shape index (κ2) is 12.1. The van der Waals surface area contributed by atoms with Crippen LogP contribution < -0.4 is 10.1 Å². The highest BCUT2D eigenvalue weighted by Crippen LogP contribution is 2.45. The van der Waals surface area contributed by atoms with Crippen molar-refractivity contribution >= 4 is 34.4 Å². The molecule has 1 aliphatic rings. The van der Waals surface area contributed by atoms with Crippen LogP contribution in [0.3, 0.4) is 0 Å². The summed E-state index contributed by atoms with van der Waals surface area (Å²) in [5.74, 6) is 0.787. The van der Waals surface area contributed by atoms with Crippen LogP contribution in [0.25, 0.3) is 0 Å². The van der Waals surface area contributed by atoms with Crippen molar-refractivity contribution in [1.82, 2.24) is 5.32 Å². The van der Waals surface area contributed by atoms with Gasteiger partial charge in [0, 0.05) is 16.7 Å². The monoisotopic (exact) mass is 570 g/mol. The minimum absolute atomic E-state index is 0.144. The summed E-state index contributed by atoms with van der Waals surface area (Å²) in [5, 5.41) is 12.8. The lowest BCUT2D eigenvalue weighted by Gasteiger charge is -2.33. The van der Waals surface area contributed by atoms with Gasteiger partial charge in [-0.3, -0.25) is 4.79 Å². The minimum atomic E-state index is -0.961. The van der Waals surface area contributed by atoms with E-state index in [9.17, 15) is 9.59 Å². The number of amides is 1. The summed E-state index contributed by atoms with van der Waals surface area (Å²) in [6.45, 7) is 7.44. The van der Waals surface area contributed by atoms with E-state index in [-0.39, 0.29) is 23.5 Å². The van der Waals surface area contributed by atoms with Gasteiger partial charge in [-0.25, -0.2) is 9.79 Å². The first-order valence-corrected chi connectivity index (χ1v) is 14.5. The van der Waals surface area contributed by atoms with E-state index in [1.165, 1.54) is 4.88 Å². The first-order chi connectivity index (χ1) is 19.7. The molecule has 0 spiro atoms. The largest absolute Gasteiger partial charge is 0.488 e. The Hall–Kier alpha value is -4.17. The molecule has 0 saturated heterocycles. The van der Waals surface area contributed by atoms with Crippen molar-refractivity contribution in [3.8, 4) is 5.75 Å². The van der Waals surface area contributed by atoms with Gasteiger partial charge in [-0.15, -0.1) is 11.3 Å². The highest BCUT2D eigenvalue weighted by molar-refractivity contribution is 7.16. The molecule has 41 heavy (non-hydrogen) atoms. The highest BCUT2D eigenvalue weighted by atomic mass is 32.1. The van der Waals surface area contributed by atoms with Gasteiger partial charge in [0.15, 0.2) is 0 Å². The number of furan rings is 1. The Labute approximate surface area is 243 Å². The molecule has 212 valence electrons. The number of carboxylic acid groups (broad SMARTS) is 1. The van der Waals surface area contributed by atoms with E-state index in [0.717, 1.165) is 36.0 Å². The van der Waals surface area contributed by atoms with Crippen molar-refractivity contribution in [2.75, 3.05) is 0 Å². The third-order valence-electron chi connectivity index (χ3n) is 7.54. The van der Waals surface area contributed by atoms with Crippen LogP contribution in [0.15, 0.2) is 76.3 Å². The average Bonchev–Trinajstić information content (AvgIpc) is 3.61. The van der Waals surface area contributed by atoms with Gasteiger partial charge >= 0.3 is 5.97 Å². The number of hydrogen-bond acceptors (Lipinski definition) is 6. The Bertz CT molecular complexity index is 1550. The number of carbonyl (C=O) groups excluding carboxylic acids is 1. The number of nitrogens with one attached hydrogen (secondary N) is 1. The van der Waals surface area contributed by atoms with E-state index in [2.05, 4.69) is 26.1 Å². The number of hydrogen-bond donors (Lipinski definition) is 2. The van der Waals surface area contributed by atoms with Gasteiger partial charge in [-0.1, -0.05) is 45.0 Å². The van der Waals surface area contributed by atoms with Crippen molar-refractivity contribution in [3.05, 3.63) is 105 Å². The standard InChI is InChI=1S/C33H34N2O5S/c1-33(2,3)24-14-15-26-28(17-24)41-31(29(26)30(36)34-19-25-8-6-16-39-25)35-18-23-7-4-5-9-27(23)40-20-21-10-12-22(13-11-21)32(37)38/h4-13,16,18,24H,14-15,17,19-20H2,1-3H3,(H,34,36)(H,37,38)/t24-/m1/s1. The predicted octanol–water partition coefficient (Wildman–Crippen LogP) is 7.45. The van der Waals surface area contributed by atoms with Crippen molar-refractivity contribution < 1.29 is 23.8 Å². The molecular formula is C33H34N2O5S. The molecule has 2 aromatic heterocycles. The number of fused-ring (bicyclic) bond motifs is 1. The second-order valence-electron chi connectivity index (χ2n) is 11.3. The zero-order valence-electron chi connectivity index (χ0n) is 23.5. The molecule has 0 aliphatic heterocycles. The maximum Gasteiger partial charge on any atom is 0.335 e. The number of carbonyl (C=O) groups is 2. The molecule has 2 heterocycles. The molecule has 2 N–H and O–H groups in total. The molecule has 0 unspecified atom stereocenters. The normalized spacial score (nSPS) is 15.0. The van der Waals surface area contributed by atoms with Crippen LogP contribution in [-0.2, 0) is 26.0 Å². The number of aliphatic imine (C=N–C) groups is 1. The van der Waals surface area contributed by atoms with Crippen LogP contribution in [0.1, 0.15) is 75.2 Å². The fourth-order valence-corrected chi connectivity index (χ4v) is 6.32. The molecule has 1 atom stereocenters. The van der Waals surface area contributed by atoms with E-state index in [0.29, 0.717) is 34.5 Å². The molecule has 0 bridgehead atoms. The zero-order chi connectivity index (χ0) is 29.0. The molecular weight excluding hydrogens is 536 g/mol. The first-order valence-electron chi connectivity index (χ1n) is 13.7. The van der Waals surface area contributed by atoms with Gasteiger partial charge in [0.05, 0.1) is 23.9 Å². The highest BCUT2D eigenvalue weighted by Gasteiger charge is 2.33. The summed E-state index contributed by atoms with van der Waals surface area (Å²) in [6, 6.07) is 17.9. The number of para-hydroxylation sites is 1. The van der Waals surface area contributed by atoms with Gasteiger partial charge in [0.1, 0.15) is 23.1 Å². The van der Waals surface area contributed by atoms with Crippen molar-refractivity contribution in [1.29, 1.82) is 0 Å². The third kappa shape index (κ3) is 6.77. The molecule has 8 heteroatoms. The lowest BCUT2D eigenvalue weighted by molar-refractivity contribution is 0.0696.